The predicted molar refractivity (Wildman–Crippen MR) is 103 cm³/mol. The first-order valence-electron chi connectivity index (χ1n) is 8.29. The molecule has 0 aliphatic rings. The van der Waals surface area contributed by atoms with Crippen LogP contribution in [0, 0.1) is 0 Å². The minimum Gasteiger partial charge on any atom is -0.497 e. The number of alkyl halides is 3. The average molecular weight is 451 g/mol. The molecule has 0 saturated carbocycles. The fourth-order valence-corrected chi connectivity index (χ4v) is 4.29. The molecule has 0 radical (unpaired) electrons. The molecule has 0 atom stereocenters. The van der Waals surface area contributed by atoms with Crippen molar-refractivity contribution in [2.75, 3.05) is 25.5 Å². The molecule has 0 heterocycles. The van der Waals surface area contributed by atoms with E-state index in [1.807, 2.05) is 0 Å². The molecule has 6 nitrogen and oxygen atoms in total. The van der Waals surface area contributed by atoms with Crippen LogP contribution in [-0.2, 0) is 21.0 Å². The summed E-state index contributed by atoms with van der Waals surface area (Å²) in [4.78, 5) is 11.3. The van der Waals surface area contributed by atoms with Crippen LogP contribution in [0.15, 0.2) is 47.4 Å². The van der Waals surface area contributed by atoms with Gasteiger partial charge < -0.3 is 10.1 Å². The molecular weight excluding hydrogens is 433 g/mol. The van der Waals surface area contributed by atoms with Crippen molar-refractivity contribution in [2.24, 2.45) is 0 Å². The molecule has 0 fully saturated rings. The molecule has 0 aliphatic heterocycles. The van der Waals surface area contributed by atoms with E-state index in [9.17, 15) is 26.4 Å². The third-order valence-corrected chi connectivity index (χ3v) is 6.11. The van der Waals surface area contributed by atoms with Gasteiger partial charge in [-0.3, -0.25) is 4.79 Å². The summed E-state index contributed by atoms with van der Waals surface area (Å²) in [5.41, 5.74) is -1.04. The summed E-state index contributed by atoms with van der Waals surface area (Å²) in [7, 11) is -3.17. The number of nitrogens with one attached hydrogen (secondary N) is 1. The Morgan fingerprint density at radius 3 is 2.48 bits per heavy atom. The Morgan fingerprint density at radius 2 is 1.90 bits per heavy atom. The third kappa shape index (κ3) is 5.62. The molecule has 29 heavy (non-hydrogen) atoms. The molecule has 0 aliphatic carbocycles. The summed E-state index contributed by atoms with van der Waals surface area (Å²) in [5.74, 6) is -0.245. The molecule has 0 saturated heterocycles. The average Bonchev–Trinajstić information content (AvgIpc) is 2.65. The highest BCUT2D eigenvalue weighted by Crippen LogP contribution is 2.36. The molecule has 158 valence electrons. The van der Waals surface area contributed by atoms with E-state index >= 15 is 0 Å². The fraction of sp³-hybridized carbons (Fsp3) is 0.278. The molecule has 11 heteroatoms. The Bertz CT molecular complexity index is 997. The lowest BCUT2D eigenvalue weighted by molar-refractivity contribution is -0.139. The van der Waals surface area contributed by atoms with E-state index in [1.165, 1.54) is 20.1 Å². The van der Waals surface area contributed by atoms with Crippen molar-refractivity contribution in [3.8, 4) is 5.75 Å². The van der Waals surface area contributed by atoms with Crippen LogP contribution in [0.2, 0.25) is 5.02 Å². The van der Waals surface area contributed by atoms with Gasteiger partial charge in [0.1, 0.15) is 5.75 Å². The largest absolute Gasteiger partial charge is 0.497 e. The van der Waals surface area contributed by atoms with Crippen molar-refractivity contribution in [2.45, 2.75) is 18.0 Å². The lowest BCUT2D eigenvalue weighted by Crippen LogP contribution is -2.38. The SMILES string of the molecule is CCN(CC(=O)Nc1cccc(OC)c1)S(=O)(=O)c1ccc(Cl)cc1C(F)(F)F. The minimum atomic E-state index is -4.93. The van der Waals surface area contributed by atoms with Gasteiger partial charge in [-0.1, -0.05) is 24.6 Å². The van der Waals surface area contributed by atoms with Crippen molar-refractivity contribution in [3.05, 3.63) is 53.1 Å². The van der Waals surface area contributed by atoms with E-state index in [-0.39, 0.29) is 11.6 Å². The summed E-state index contributed by atoms with van der Waals surface area (Å²) in [6, 6.07) is 8.72. The highest BCUT2D eigenvalue weighted by molar-refractivity contribution is 7.89. The number of sulfonamides is 1. The Hall–Kier alpha value is -2.30. The highest BCUT2D eigenvalue weighted by Gasteiger charge is 2.39. The van der Waals surface area contributed by atoms with E-state index in [4.69, 9.17) is 16.3 Å². The molecule has 0 aromatic heterocycles. The van der Waals surface area contributed by atoms with E-state index < -0.39 is 39.1 Å². The van der Waals surface area contributed by atoms with Crippen LogP contribution in [0.5, 0.6) is 5.75 Å². The molecule has 0 bridgehead atoms. The fourth-order valence-electron chi connectivity index (χ4n) is 2.52. The van der Waals surface area contributed by atoms with Crippen molar-refractivity contribution in [1.29, 1.82) is 0 Å². The number of carbonyl (C=O) groups is 1. The number of rotatable bonds is 7. The lowest BCUT2D eigenvalue weighted by atomic mass is 10.2. The predicted octanol–water partition coefficient (Wildman–Crippen LogP) is 4.02. The first-order valence-corrected chi connectivity index (χ1v) is 10.1. The smallest absolute Gasteiger partial charge is 0.417 e. The summed E-state index contributed by atoms with van der Waals surface area (Å²) in [6.45, 7) is 0.531. The van der Waals surface area contributed by atoms with Crippen molar-refractivity contribution >= 4 is 33.2 Å². The van der Waals surface area contributed by atoms with Gasteiger partial charge in [0.2, 0.25) is 15.9 Å². The van der Waals surface area contributed by atoms with Gasteiger partial charge in [0.15, 0.2) is 0 Å². The monoisotopic (exact) mass is 450 g/mol. The number of methoxy groups -OCH3 is 1. The molecule has 2 aromatic carbocycles. The maximum absolute atomic E-state index is 13.3. The number of hydrogen-bond acceptors (Lipinski definition) is 4. The molecule has 0 unspecified atom stereocenters. The molecule has 2 rings (SSSR count). The summed E-state index contributed by atoms with van der Waals surface area (Å²) in [6.07, 6.45) is -4.93. The van der Waals surface area contributed by atoms with Crippen LogP contribution in [0.3, 0.4) is 0 Å². The zero-order chi connectivity index (χ0) is 21.8. The second kappa shape index (κ2) is 9.02. The summed E-state index contributed by atoms with van der Waals surface area (Å²) >= 11 is 5.60. The Kier molecular flexibility index (Phi) is 7.15. The highest BCUT2D eigenvalue weighted by atomic mass is 35.5. The Labute approximate surface area is 171 Å². The number of anilines is 1. The zero-order valence-corrected chi connectivity index (χ0v) is 17.0. The van der Waals surface area contributed by atoms with Crippen molar-refractivity contribution in [3.63, 3.8) is 0 Å². The molecule has 0 spiro atoms. The van der Waals surface area contributed by atoms with E-state index in [0.29, 0.717) is 21.8 Å². The Balaban J connectivity index is 2.30. The van der Waals surface area contributed by atoms with Crippen LogP contribution < -0.4 is 10.1 Å². The number of ether oxygens (including phenoxy) is 1. The van der Waals surface area contributed by atoms with Crippen molar-refractivity contribution < 1.29 is 31.1 Å². The molecular formula is C18H18ClF3N2O4S. The number of halogens is 4. The number of likely N-dealkylation sites (N-methyl/N-ethyl adjacent to an activating group) is 1. The first kappa shape index (κ1) is 23.0. The van der Waals surface area contributed by atoms with Gasteiger partial charge in [-0.05, 0) is 30.3 Å². The summed E-state index contributed by atoms with van der Waals surface area (Å²) in [5, 5.41) is 2.24. The normalized spacial score (nSPS) is 12.1. The zero-order valence-electron chi connectivity index (χ0n) is 15.5. The van der Waals surface area contributed by atoms with Gasteiger partial charge >= 0.3 is 6.18 Å². The number of benzene rings is 2. The van der Waals surface area contributed by atoms with Crippen LogP contribution in [0.1, 0.15) is 12.5 Å². The third-order valence-electron chi connectivity index (χ3n) is 3.89. The molecule has 2 aromatic rings. The number of amides is 1. The van der Waals surface area contributed by atoms with Crippen LogP contribution >= 0.6 is 11.6 Å². The molecule has 1 N–H and O–H groups in total. The summed E-state index contributed by atoms with van der Waals surface area (Å²) < 4.78 is 71.3. The van der Waals surface area contributed by atoms with Gasteiger partial charge in [0, 0.05) is 23.3 Å². The quantitative estimate of drug-likeness (QED) is 0.691. The second-order valence-corrected chi connectivity index (χ2v) is 8.19. The van der Waals surface area contributed by atoms with Gasteiger partial charge in [-0.25, -0.2) is 8.42 Å². The van der Waals surface area contributed by atoms with Gasteiger partial charge in [-0.15, -0.1) is 0 Å². The second-order valence-electron chi connectivity index (χ2n) is 5.85. The van der Waals surface area contributed by atoms with Crippen LogP contribution in [0.4, 0.5) is 18.9 Å². The van der Waals surface area contributed by atoms with Crippen molar-refractivity contribution in [1.82, 2.24) is 4.31 Å². The maximum atomic E-state index is 13.3. The first-order chi connectivity index (χ1) is 13.5. The van der Waals surface area contributed by atoms with E-state index in [0.717, 1.165) is 12.1 Å². The molecule has 1 amide bonds. The Morgan fingerprint density at radius 1 is 1.21 bits per heavy atom. The van der Waals surface area contributed by atoms with Gasteiger partial charge in [-0.2, -0.15) is 17.5 Å². The van der Waals surface area contributed by atoms with Crippen LogP contribution in [0.25, 0.3) is 0 Å². The number of hydrogen-bond donors (Lipinski definition) is 1. The topological polar surface area (TPSA) is 75.7 Å². The maximum Gasteiger partial charge on any atom is 0.417 e. The number of carbonyl (C=O) groups excluding carboxylic acids is 1. The standard InChI is InChI=1S/C18H18ClF3N2O4S/c1-3-24(11-17(25)23-13-5-4-6-14(10-13)28-2)29(26,27)16-8-7-12(19)9-15(16)18(20,21)22/h4-10H,3,11H2,1-2H3,(H,23,25). The van der Waals surface area contributed by atoms with Gasteiger partial charge in [0.05, 0.1) is 24.1 Å². The van der Waals surface area contributed by atoms with Crippen LogP contribution in [-0.4, -0.2) is 38.8 Å². The van der Waals surface area contributed by atoms with Gasteiger partial charge in [0.25, 0.3) is 0 Å². The van der Waals surface area contributed by atoms with E-state index in [2.05, 4.69) is 5.32 Å². The van der Waals surface area contributed by atoms with E-state index in [1.54, 1.807) is 18.2 Å². The lowest BCUT2D eigenvalue weighted by Gasteiger charge is -2.22. The minimum absolute atomic E-state index is 0.214. The number of nitrogens with zero attached hydrogens (tertiary/aromatic N) is 1.